The molecule has 3 rings (SSSR count). The van der Waals surface area contributed by atoms with E-state index in [0.29, 0.717) is 33.4 Å². The number of carbonyl (C=O) groups excluding carboxylic acids is 2. The Hall–Kier alpha value is -2.18. The number of hydrogen-bond acceptors (Lipinski definition) is 3. The normalized spacial score (nSPS) is 11.6. The molecule has 2 amide bonds. The maximum absolute atomic E-state index is 12.7. The van der Waals surface area contributed by atoms with Gasteiger partial charge in [-0.2, -0.15) is 0 Å². The van der Waals surface area contributed by atoms with Crippen molar-refractivity contribution in [3.63, 3.8) is 0 Å². The fraction of sp³-hybridized carbons (Fsp3) is 0.130. The minimum absolute atomic E-state index is 0.0998. The summed E-state index contributed by atoms with van der Waals surface area (Å²) in [5, 5.41) is 6.79. The van der Waals surface area contributed by atoms with Crippen LogP contribution in [0.1, 0.15) is 23.7 Å². The Kier molecular flexibility index (Phi) is 8.27. The average Bonchev–Trinajstić information content (AvgIpc) is 2.73. The zero-order valence-electron chi connectivity index (χ0n) is 16.5. The number of thioether (sulfide) groups is 1. The molecule has 31 heavy (non-hydrogen) atoms. The van der Waals surface area contributed by atoms with Gasteiger partial charge in [-0.3, -0.25) is 9.59 Å². The van der Waals surface area contributed by atoms with Crippen LogP contribution in [-0.2, 0) is 4.79 Å². The number of carbonyl (C=O) groups is 2. The van der Waals surface area contributed by atoms with E-state index in [-0.39, 0.29) is 22.1 Å². The number of amides is 2. The average molecular weight is 494 g/mol. The third-order valence-corrected chi connectivity index (χ3v) is 6.48. The summed E-state index contributed by atoms with van der Waals surface area (Å²) in [5.41, 5.74) is 1.63. The minimum atomic E-state index is -0.337. The molecule has 0 aliphatic heterocycles. The first kappa shape index (κ1) is 23.5. The molecular formula is C23H19Cl3N2O2S. The smallest absolute Gasteiger partial charge is 0.257 e. The van der Waals surface area contributed by atoms with Gasteiger partial charge in [-0.1, -0.05) is 47.8 Å². The number of rotatable bonds is 7. The van der Waals surface area contributed by atoms with Crippen LogP contribution in [0.25, 0.3) is 0 Å². The van der Waals surface area contributed by atoms with Gasteiger partial charge in [0.05, 0.1) is 15.8 Å². The van der Waals surface area contributed by atoms with Crippen molar-refractivity contribution in [2.75, 3.05) is 10.6 Å². The molecule has 0 aliphatic rings. The van der Waals surface area contributed by atoms with Crippen molar-refractivity contribution in [3.05, 3.63) is 87.4 Å². The summed E-state index contributed by atoms with van der Waals surface area (Å²) in [6.07, 6.45) is 0.640. The lowest BCUT2D eigenvalue weighted by molar-refractivity contribution is -0.115. The molecule has 0 fully saturated rings. The number of nitrogens with one attached hydrogen (secondary N) is 2. The Labute approximate surface area is 200 Å². The predicted molar refractivity (Wildman–Crippen MR) is 131 cm³/mol. The van der Waals surface area contributed by atoms with Crippen LogP contribution in [0, 0.1) is 0 Å². The molecule has 8 heteroatoms. The quantitative estimate of drug-likeness (QED) is 0.337. The Balaban J connectivity index is 1.67. The summed E-state index contributed by atoms with van der Waals surface area (Å²) in [5.74, 6) is -0.437. The van der Waals surface area contributed by atoms with Crippen LogP contribution in [0.5, 0.6) is 0 Å². The number of hydrogen-bond donors (Lipinski definition) is 2. The van der Waals surface area contributed by atoms with Gasteiger partial charge in [0.15, 0.2) is 0 Å². The highest BCUT2D eigenvalue weighted by atomic mass is 35.5. The van der Waals surface area contributed by atoms with Gasteiger partial charge < -0.3 is 10.6 Å². The van der Waals surface area contributed by atoms with Gasteiger partial charge >= 0.3 is 0 Å². The molecule has 1 unspecified atom stereocenters. The maximum Gasteiger partial charge on any atom is 0.257 e. The molecule has 0 spiro atoms. The summed E-state index contributed by atoms with van der Waals surface area (Å²) in [4.78, 5) is 26.1. The number of anilines is 2. The van der Waals surface area contributed by atoms with E-state index in [9.17, 15) is 9.59 Å². The molecule has 3 aromatic rings. The molecule has 0 saturated carbocycles. The van der Waals surface area contributed by atoms with Crippen LogP contribution in [0.2, 0.25) is 15.1 Å². The van der Waals surface area contributed by atoms with Crippen LogP contribution in [-0.4, -0.2) is 17.1 Å². The van der Waals surface area contributed by atoms with E-state index < -0.39 is 0 Å². The largest absolute Gasteiger partial charge is 0.325 e. The van der Waals surface area contributed by atoms with Crippen LogP contribution >= 0.6 is 46.6 Å². The second kappa shape index (κ2) is 10.9. The molecule has 0 aromatic heterocycles. The molecule has 0 heterocycles. The van der Waals surface area contributed by atoms with E-state index in [2.05, 4.69) is 10.6 Å². The summed E-state index contributed by atoms with van der Waals surface area (Å²) >= 11 is 19.3. The summed E-state index contributed by atoms with van der Waals surface area (Å²) < 4.78 is 0. The van der Waals surface area contributed by atoms with Crippen LogP contribution in [0.3, 0.4) is 0 Å². The minimum Gasteiger partial charge on any atom is -0.325 e. The zero-order chi connectivity index (χ0) is 22.4. The maximum atomic E-state index is 12.7. The van der Waals surface area contributed by atoms with E-state index in [1.165, 1.54) is 17.8 Å². The van der Waals surface area contributed by atoms with Gasteiger partial charge in [-0.25, -0.2) is 0 Å². The second-order valence-corrected chi connectivity index (χ2v) is 9.17. The molecule has 4 nitrogen and oxygen atoms in total. The van der Waals surface area contributed by atoms with E-state index in [1.807, 2.05) is 25.1 Å². The van der Waals surface area contributed by atoms with Crippen molar-refractivity contribution in [1.82, 2.24) is 0 Å². The highest BCUT2D eigenvalue weighted by Crippen LogP contribution is 2.29. The lowest BCUT2D eigenvalue weighted by Crippen LogP contribution is -2.24. The molecule has 3 aromatic carbocycles. The van der Waals surface area contributed by atoms with Gasteiger partial charge in [0.1, 0.15) is 0 Å². The van der Waals surface area contributed by atoms with Crippen molar-refractivity contribution in [1.29, 1.82) is 0 Å². The first-order valence-corrected chi connectivity index (χ1v) is 11.5. The van der Waals surface area contributed by atoms with Crippen molar-refractivity contribution >= 4 is 69.8 Å². The lowest BCUT2D eigenvalue weighted by Gasteiger charge is -2.15. The van der Waals surface area contributed by atoms with E-state index in [1.54, 1.807) is 42.5 Å². The van der Waals surface area contributed by atoms with Crippen molar-refractivity contribution in [2.24, 2.45) is 0 Å². The third-order valence-electron chi connectivity index (χ3n) is 4.32. The molecule has 0 saturated heterocycles. The topological polar surface area (TPSA) is 58.2 Å². The van der Waals surface area contributed by atoms with E-state index in [0.717, 1.165) is 4.90 Å². The third kappa shape index (κ3) is 6.65. The summed E-state index contributed by atoms with van der Waals surface area (Å²) in [6, 6.07) is 19.0. The van der Waals surface area contributed by atoms with Crippen molar-refractivity contribution in [3.8, 4) is 0 Å². The molecule has 0 radical (unpaired) electrons. The Bertz CT molecular complexity index is 1090. The van der Waals surface area contributed by atoms with Crippen molar-refractivity contribution < 1.29 is 9.59 Å². The van der Waals surface area contributed by atoms with Crippen LogP contribution < -0.4 is 10.6 Å². The van der Waals surface area contributed by atoms with Crippen LogP contribution in [0.15, 0.2) is 71.6 Å². The fourth-order valence-electron chi connectivity index (χ4n) is 2.76. The first-order chi connectivity index (χ1) is 14.9. The highest BCUT2D eigenvalue weighted by Gasteiger charge is 2.19. The van der Waals surface area contributed by atoms with E-state index >= 15 is 0 Å². The highest BCUT2D eigenvalue weighted by molar-refractivity contribution is 8.00. The van der Waals surface area contributed by atoms with Gasteiger partial charge in [0.25, 0.3) is 5.91 Å². The Morgan fingerprint density at radius 3 is 2.26 bits per heavy atom. The van der Waals surface area contributed by atoms with Gasteiger partial charge in [0.2, 0.25) is 5.91 Å². The zero-order valence-corrected chi connectivity index (χ0v) is 19.6. The number of benzene rings is 3. The predicted octanol–water partition coefficient (Wildman–Crippen LogP) is 7.41. The second-order valence-electron chi connectivity index (χ2n) is 6.62. The molecule has 0 bridgehead atoms. The van der Waals surface area contributed by atoms with Gasteiger partial charge in [-0.15, -0.1) is 11.8 Å². The first-order valence-electron chi connectivity index (χ1n) is 9.45. The molecular weight excluding hydrogens is 475 g/mol. The fourth-order valence-corrected chi connectivity index (χ4v) is 4.40. The molecule has 2 N–H and O–H groups in total. The summed E-state index contributed by atoms with van der Waals surface area (Å²) in [7, 11) is 0. The van der Waals surface area contributed by atoms with E-state index in [4.69, 9.17) is 34.8 Å². The van der Waals surface area contributed by atoms with Gasteiger partial charge in [0, 0.05) is 26.3 Å². The SMILES string of the molecule is CCC(Sc1cccc(NC(=O)c2ccc(Cl)cc2Cl)c1)C(=O)Nc1ccc(Cl)cc1. The monoisotopic (exact) mass is 492 g/mol. The lowest BCUT2D eigenvalue weighted by atomic mass is 10.2. The van der Waals surface area contributed by atoms with Gasteiger partial charge in [-0.05, 0) is 67.1 Å². The molecule has 160 valence electrons. The summed E-state index contributed by atoms with van der Waals surface area (Å²) in [6.45, 7) is 1.95. The molecule has 0 aliphatic carbocycles. The molecule has 1 atom stereocenters. The van der Waals surface area contributed by atoms with Crippen molar-refractivity contribution in [2.45, 2.75) is 23.5 Å². The number of halogens is 3. The van der Waals surface area contributed by atoms with Crippen LogP contribution in [0.4, 0.5) is 11.4 Å². The Morgan fingerprint density at radius 2 is 1.58 bits per heavy atom. The standard InChI is InChI=1S/C23H19Cl3N2O2S/c1-2-21(23(30)27-16-9-6-14(24)7-10-16)31-18-5-3-4-17(13-18)28-22(29)19-11-8-15(25)12-20(19)26/h3-13,21H,2H2,1H3,(H,27,30)(H,28,29). The Morgan fingerprint density at radius 1 is 0.871 bits per heavy atom.